The summed E-state index contributed by atoms with van der Waals surface area (Å²) >= 11 is 0. The first-order valence-electron chi connectivity index (χ1n) is 19.4. The van der Waals surface area contributed by atoms with E-state index in [1.54, 1.807) is 6.08 Å². The first-order chi connectivity index (χ1) is 21.2. The number of nitrogens with one attached hydrogen (secondary N) is 1. The molecule has 0 saturated heterocycles. The van der Waals surface area contributed by atoms with Crippen LogP contribution in [0.3, 0.4) is 0 Å². The molecule has 0 fully saturated rings. The van der Waals surface area contributed by atoms with Crippen LogP contribution in [0.25, 0.3) is 0 Å². The van der Waals surface area contributed by atoms with Crippen LogP contribution < -0.4 is 5.32 Å². The van der Waals surface area contributed by atoms with Gasteiger partial charge >= 0.3 is 0 Å². The maximum Gasteiger partial charge on any atom is 0.220 e. The Bertz CT molecular complexity index is 579. The highest BCUT2D eigenvalue weighted by molar-refractivity contribution is 5.76. The van der Waals surface area contributed by atoms with Crippen molar-refractivity contribution in [1.82, 2.24) is 5.32 Å². The zero-order valence-electron chi connectivity index (χ0n) is 29.2. The number of allylic oxidation sites excluding steroid dienone is 1. The number of hydrogen-bond acceptors (Lipinski definition) is 3. The normalized spacial score (nSPS) is 13.1. The van der Waals surface area contributed by atoms with Crippen molar-refractivity contribution < 1.29 is 15.0 Å². The van der Waals surface area contributed by atoms with E-state index >= 15 is 0 Å². The molecule has 3 N–H and O–H groups in total. The summed E-state index contributed by atoms with van der Waals surface area (Å²) in [6, 6.07) is -0.614. The SMILES string of the molecule is CCCCCCCCCCCCCCC/C=C/C(O)C(CO)NC(=O)CCCCCCCCCCCCCCCCCC. The molecule has 0 aliphatic carbocycles. The van der Waals surface area contributed by atoms with Crippen molar-refractivity contribution in [2.75, 3.05) is 6.61 Å². The smallest absolute Gasteiger partial charge is 0.220 e. The van der Waals surface area contributed by atoms with Gasteiger partial charge < -0.3 is 15.5 Å². The number of hydrogen-bond donors (Lipinski definition) is 3. The number of aliphatic hydroxyl groups excluding tert-OH is 2. The minimum absolute atomic E-state index is 0.0617. The average molecular weight is 608 g/mol. The van der Waals surface area contributed by atoms with E-state index in [2.05, 4.69) is 19.2 Å². The summed E-state index contributed by atoms with van der Waals surface area (Å²) in [7, 11) is 0. The highest BCUT2D eigenvalue weighted by atomic mass is 16.3. The van der Waals surface area contributed by atoms with Crippen LogP contribution in [0.5, 0.6) is 0 Å². The van der Waals surface area contributed by atoms with Crippen molar-refractivity contribution in [3.63, 3.8) is 0 Å². The topological polar surface area (TPSA) is 69.6 Å². The molecule has 1 amide bonds. The van der Waals surface area contributed by atoms with Gasteiger partial charge in [-0.1, -0.05) is 199 Å². The van der Waals surface area contributed by atoms with Crippen LogP contribution in [0.1, 0.15) is 213 Å². The monoisotopic (exact) mass is 608 g/mol. The molecule has 0 aromatic carbocycles. The van der Waals surface area contributed by atoms with Gasteiger partial charge in [-0.25, -0.2) is 0 Å². The Hall–Kier alpha value is -0.870. The fraction of sp³-hybridized carbons (Fsp3) is 0.923. The van der Waals surface area contributed by atoms with Crippen LogP contribution in [-0.4, -0.2) is 34.9 Å². The summed E-state index contributed by atoms with van der Waals surface area (Å²) in [6.45, 7) is 4.31. The lowest BCUT2D eigenvalue weighted by molar-refractivity contribution is -0.123. The molecule has 0 saturated carbocycles. The lowest BCUT2D eigenvalue weighted by atomic mass is 10.0. The second kappa shape index (κ2) is 35.6. The first kappa shape index (κ1) is 42.1. The van der Waals surface area contributed by atoms with Crippen molar-refractivity contribution >= 4 is 5.91 Å². The molecule has 43 heavy (non-hydrogen) atoms. The molecule has 4 heteroatoms. The molecular formula is C39H77NO3. The fourth-order valence-corrected chi connectivity index (χ4v) is 6.00. The van der Waals surface area contributed by atoms with E-state index < -0.39 is 12.1 Å². The summed E-state index contributed by atoms with van der Waals surface area (Å²) in [6.07, 6.45) is 43.0. The van der Waals surface area contributed by atoms with Gasteiger partial charge in [0.05, 0.1) is 18.8 Å². The highest BCUT2D eigenvalue weighted by Crippen LogP contribution is 2.15. The van der Waals surface area contributed by atoms with E-state index in [0.717, 1.165) is 25.7 Å². The molecule has 0 heterocycles. The highest BCUT2D eigenvalue weighted by Gasteiger charge is 2.17. The number of carbonyl (C=O) groups is 1. The molecule has 0 aromatic rings. The summed E-state index contributed by atoms with van der Waals surface area (Å²) in [5.74, 6) is -0.0617. The van der Waals surface area contributed by atoms with Crippen molar-refractivity contribution in [2.45, 2.75) is 225 Å². The van der Waals surface area contributed by atoms with Gasteiger partial charge in [-0.15, -0.1) is 0 Å². The molecule has 0 aliphatic rings. The number of amides is 1. The quantitative estimate of drug-likeness (QED) is 0.0496. The number of carbonyl (C=O) groups excluding carboxylic acids is 1. The third-order valence-corrected chi connectivity index (χ3v) is 9.02. The second-order valence-electron chi connectivity index (χ2n) is 13.4. The summed E-state index contributed by atoms with van der Waals surface area (Å²) in [5, 5.41) is 22.9. The molecule has 0 aliphatic heterocycles. The third-order valence-electron chi connectivity index (χ3n) is 9.02. The zero-order valence-corrected chi connectivity index (χ0v) is 29.2. The van der Waals surface area contributed by atoms with Crippen molar-refractivity contribution in [3.8, 4) is 0 Å². The summed E-state index contributed by atoms with van der Waals surface area (Å²) in [4.78, 5) is 12.3. The van der Waals surface area contributed by atoms with Crippen molar-refractivity contribution in [1.29, 1.82) is 0 Å². The summed E-state index contributed by atoms with van der Waals surface area (Å²) < 4.78 is 0. The molecule has 0 bridgehead atoms. The van der Waals surface area contributed by atoms with Gasteiger partial charge in [0.2, 0.25) is 5.91 Å². The maximum atomic E-state index is 12.3. The Morgan fingerprint density at radius 2 is 0.860 bits per heavy atom. The Balaban J connectivity index is 3.57. The molecule has 0 aromatic heterocycles. The van der Waals surface area contributed by atoms with E-state index in [9.17, 15) is 15.0 Å². The third kappa shape index (κ3) is 32.3. The van der Waals surface area contributed by atoms with Crippen LogP contribution in [0.2, 0.25) is 0 Å². The molecular weight excluding hydrogens is 530 g/mol. The molecule has 2 atom stereocenters. The molecule has 0 spiro atoms. The lowest BCUT2D eigenvalue weighted by Gasteiger charge is -2.20. The standard InChI is InChI=1S/C39H77NO3/c1-3-5-7-9-11-13-15-17-19-21-23-25-27-29-31-33-35-39(43)40-37(36-41)38(42)34-32-30-28-26-24-22-20-18-16-14-12-10-8-6-4-2/h32,34,37-38,41-42H,3-31,33,35-36H2,1-2H3,(H,40,43)/b34-32+. The average Bonchev–Trinajstić information content (AvgIpc) is 3.01. The Kier molecular flexibility index (Phi) is 34.9. The van der Waals surface area contributed by atoms with Crippen molar-refractivity contribution in [3.05, 3.63) is 12.2 Å². The predicted molar refractivity (Wildman–Crippen MR) is 189 cm³/mol. The fourth-order valence-electron chi connectivity index (χ4n) is 6.00. The van der Waals surface area contributed by atoms with Gasteiger partial charge in [-0.3, -0.25) is 4.79 Å². The van der Waals surface area contributed by atoms with Gasteiger partial charge in [0.1, 0.15) is 0 Å². The zero-order chi connectivity index (χ0) is 31.5. The van der Waals surface area contributed by atoms with Crippen molar-refractivity contribution in [2.24, 2.45) is 0 Å². The van der Waals surface area contributed by atoms with E-state index in [4.69, 9.17) is 0 Å². The van der Waals surface area contributed by atoms with Gasteiger partial charge in [0, 0.05) is 6.42 Å². The Morgan fingerprint density at radius 3 is 1.21 bits per heavy atom. The maximum absolute atomic E-state index is 12.3. The number of unbranched alkanes of at least 4 members (excludes halogenated alkanes) is 28. The van der Waals surface area contributed by atoms with E-state index in [0.29, 0.717) is 6.42 Å². The van der Waals surface area contributed by atoms with Crippen LogP contribution in [0, 0.1) is 0 Å². The molecule has 2 unspecified atom stereocenters. The minimum atomic E-state index is -0.832. The van der Waals surface area contributed by atoms with Gasteiger partial charge in [0.25, 0.3) is 0 Å². The van der Waals surface area contributed by atoms with E-state index in [1.165, 1.54) is 167 Å². The van der Waals surface area contributed by atoms with Gasteiger partial charge in [-0.05, 0) is 19.3 Å². The molecule has 4 nitrogen and oxygen atoms in total. The van der Waals surface area contributed by atoms with Gasteiger partial charge in [0.15, 0.2) is 0 Å². The second-order valence-corrected chi connectivity index (χ2v) is 13.4. The van der Waals surface area contributed by atoms with E-state index in [1.807, 2.05) is 6.08 Å². The molecule has 0 rings (SSSR count). The Labute approximate surface area is 269 Å². The lowest BCUT2D eigenvalue weighted by Crippen LogP contribution is -2.45. The minimum Gasteiger partial charge on any atom is -0.394 e. The van der Waals surface area contributed by atoms with E-state index in [-0.39, 0.29) is 12.5 Å². The van der Waals surface area contributed by atoms with Crippen LogP contribution in [-0.2, 0) is 4.79 Å². The molecule has 0 radical (unpaired) electrons. The van der Waals surface area contributed by atoms with Gasteiger partial charge in [-0.2, -0.15) is 0 Å². The number of aliphatic hydroxyl groups is 2. The van der Waals surface area contributed by atoms with Crippen LogP contribution in [0.15, 0.2) is 12.2 Å². The predicted octanol–water partition coefficient (Wildman–Crippen LogP) is 11.5. The van der Waals surface area contributed by atoms with Crippen LogP contribution in [0.4, 0.5) is 0 Å². The molecule has 256 valence electrons. The van der Waals surface area contributed by atoms with Crippen LogP contribution >= 0.6 is 0 Å². The largest absolute Gasteiger partial charge is 0.394 e. The first-order valence-corrected chi connectivity index (χ1v) is 19.4. The number of rotatable bonds is 35. The Morgan fingerprint density at radius 1 is 0.535 bits per heavy atom. The summed E-state index contributed by atoms with van der Waals surface area (Å²) in [5.41, 5.74) is 0.